The maximum absolute atomic E-state index is 11.2. The summed E-state index contributed by atoms with van der Waals surface area (Å²) < 4.78 is 0. The number of rotatable bonds is 2. The molecule has 1 aliphatic heterocycles. The van der Waals surface area contributed by atoms with Gasteiger partial charge in [-0.05, 0) is 19.5 Å². The van der Waals surface area contributed by atoms with Crippen LogP contribution in [0.25, 0.3) is 0 Å². The molecule has 0 unspecified atom stereocenters. The first-order chi connectivity index (χ1) is 5.16. The minimum atomic E-state index is -0.409. The second-order valence-corrected chi connectivity index (χ2v) is 2.67. The molecule has 1 fully saturated rings. The summed E-state index contributed by atoms with van der Waals surface area (Å²) in [6.07, 6.45) is 2.12. The summed E-state index contributed by atoms with van der Waals surface area (Å²) in [7, 11) is 0. The van der Waals surface area contributed by atoms with E-state index >= 15 is 0 Å². The minimum Gasteiger partial charge on any atom is -0.319 e. The molecule has 1 saturated heterocycles. The third-order valence-corrected chi connectivity index (χ3v) is 1.95. The van der Waals surface area contributed by atoms with Gasteiger partial charge in [-0.25, -0.2) is 0 Å². The van der Waals surface area contributed by atoms with E-state index in [0.717, 1.165) is 0 Å². The van der Waals surface area contributed by atoms with Gasteiger partial charge in [0.25, 0.3) is 0 Å². The molecule has 0 aromatic heterocycles. The molecular weight excluding hydrogens is 142 g/mol. The lowest BCUT2D eigenvalue weighted by atomic mass is 10.0. The van der Waals surface area contributed by atoms with Gasteiger partial charge in [0.2, 0.25) is 5.91 Å². The SMILES string of the molecule is C=CN1CC[C@H](C(C)=O)C1=O. The Bertz CT molecular complexity index is 210. The summed E-state index contributed by atoms with van der Waals surface area (Å²) in [4.78, 5) is 23.5. The fourth-order valence-corrected chi connectivity index (χ4v) is 1.26. The predicted molar refractivity (Wildman–Crippen MR) is 40.7 cm³/mol. The second-order valence-electron chi connectivity index (χ2n) is 2.67. The number of hydrogen-bond donors (Lipinski definition) is 0. The lowest BCUT2D eigenvalue weighted by molar-refractivity contribution is -0.134. The Kier molecular flexibility index (Phi) is 2.08. The molecule has 0 aliphatic carbocycles. The maximum atomic E-state index is 11.2. The van der Waals surface area contributed by atoms with Gasteiger partial charge in [-0.15, -0.1) is 0 Å². The van der Waals surface area contributed by atoms with Gasteiger partial charge >= 0.3 is 0 Å². The third kappa shape index (κ3) is 1.31. The van der Waals surface area contributed by atoms with Gasteiger partial charge in [0.15, 0.2) is 0 Å². The molecule has 1 aliphatic rings. The van der Waals surface area contributed by atoms with Crippen molar-refractivity contribution in [3.63, 3.8) is 0 Å². The van der Waals surface area contributed by atoms with Gasteiger partial charge in [0.1, 0.15) is 5.78 Å². The van der Waals surface area contributed by atoms with Crippen LogP contribution >= 0.6 is 0 Å². The van der Waals surface area contributed by atoms with Crippen molar-refractivity contribution in [3.05, 3.63) is 12.8 Å². The maximum Gasteiger partial charge on any atom is 0.237 e. The first-order valence-electron chi connectivity index (χ1n) is 3.60. The molecule has 11 heavy (non-hydrogen) atoms. The lowest BCUT2D eigenvalue weighted by Gasteiger charge is -2.08. The van der Waals surface area contributed by atoms with E-state index in [-0.39, 0.29) is 11.7 Å². The van der Waals surface area contributed by atoms with Gasteiger partial charge in [0.05, 0.1) is 5.92 Å². The summed E-state index contributed by atoms with van der Waals surface area (Å²) in [6, 6.07) is 0. The van der Waals surface area contributed by atoms with E-state index in [4.69, 9.17) is 0 Å². The van der Waals surface area contributed by atoms with E-state index in [2.05, 4.69) is 6.58 Å². The van der Waals surface area contributed by atoms with Gasteiger partial charge in [-0.3, -0.25) is 9.59 Å². The zero-order valence-corrected chi connectivity index (χ0v) is 6.54. The van der Waals surface area contributed by atoms with Crippen molar-refractivity contribution >= 4 is 11.7 Å². The van der Waals surface area contributed by atoms with Crippen LogP contribution in [0.4, 0.5) is 0 Å². The standard InChI is InChI=1S/C8H11NO2/c1-3-9-5-4-7(6(2)10)8(9)11/h3,7H,1,4-5H2,2H3/t7-/m1/s1. The van der Waals surface area contributed by atoms with E-state index in [9.17, 15) is 9.59 Å². The number of Topliss-reactive ketones (excluding diaryl/α,β-unsaturated/α-hetero) is 1. The molecular formula is C8H11NO2. The Labute approximate surface area is 65.7 Å². The van der Waals surface area contributed by atoms with E-state index in [1.807, 2.05) is 0 Å². The lowest BCUT2D eigenvalue weighted by Crippen LogP contribution is -2.24. The van der Waals surface area contributed by atoms with E-state index in [0.29, 0.717) is 13.0 Å². The van der Waals surface area contributed by atoms with E-state index in [1.54, 1.807) is 0 Å². The zero-order chi connectivity index (χ0) is 8.43. The molecule has 0 aromatic carbocycles. The first-order valence-corrected chi connectivity index (χ1v) is 3.60. The van der Waals surface area contributed by atoms with Crippen LogP contribution in [-0.4, -0.2) is 23.1 Å². The Balaban J connectivity index is 2.70. The average molecular weight is 153 g/mol. The van der Waals surface area contributed by atoms with Crippen LogP contribution in [0.15, 0.2) is 12.8 Å². The zero-order valence-electron chi connectivity index (χ0n) is 6.54. The van der Waals surface area contributed by atoms with Crippen LogP contribution in [-0.2, 0) is 9.59 Å². The molecule has 0 N–H and O–H groups in total. The van der Waals surface area contributed by atoms with Gasteiger partial charge in [-0.1, -0.05) is 6.58 Å². The van der Waals surface area contributed by atoms with Crippen molar-refractivity contribution in [2.45, 2.75) is 13.3 Å². The molecule has 60 valence electrons. The highest BCUT2D eigenvalue weighted by atomic mass is 16.2. The summed E-state index contributed by atoms with van der Waals surface area (Å²) >= 11 is 0. The van der Waals surface area contributed by atoms with Crippen LogP contribution in [0.5, 0.6) is 0 Å². The highest BCUT2D eigenvalue weighted by Crippen LogP contribution is 2.18. The van der Waals surface area contributed by atoms with E-state index in [1.165, 1.54) is 18.0 Å². The molecule has 3 nitrogen and oxygen atoms in total. The van der Waals surface area contributed by atoms with Crippen molar-refractivity contribution in [3.8, 4) is 0 Å². The summed E-state index contributed by atoms with van der Waals surface area (Å²) in [6.45, 7) is 5.57. The molecule has 1 amide bonds. The fourth-order valence-electron chi connectivity index (χ4n) is 1.26. The average Bonchev–Trinajstić information content (AvgIpc) is 2.30. The second kappa shape index (κ2) is 2.86. The van der Waals surface area contributed by atoms with Crippen molar-refractivity contribution in [1.82, 2.24) is 4.90 Å². The molecule has 3 heteroatoms. The van der Waals surface area contributed by atoms with Crippen LogP contribution in [0.2, 0.25) is 0 Å². The summed E-state index contributed by atoms with van der Waals surface area (Å²) in [5.74, 6) is -0.556. The molecule has 0 aromatic rings. The Hall–Kier alpha value is -1.12. The normalized spacial score (nSPS) is 23.9. The number of amides is 1. The Morgan fingerprint density at radius 2 is 2.45 bits per heavy atom. The van der Waals surface area contributed by atoms with Crippen LogP contribution in [0.1, 0.15) is 13.3 Å². The molecule has 0 radical (unpaired) electrons. The fraction of sp³-hybridized carbons (Fsp3) is 0.500. The monoisotopic (exact) mass is 153 g/mol. The summed E-state index contributed by atoms with van der Waals surface area (Å²) in [5.41, 5.74) is 0. The van der Waals surface area contributed by atoms with Crippen LogP contribution in [0.3, 0.4) is 0 Å². The Morgan fingerprint density at radius 1 is 1.82 bits per heavy atom. The van der Waals surface area contributed by atoms with Crippen molar-refractivity contribution in [2.24, 2.45) is 5.92 Å². The highest BCUT2D eigenvalue weighted by molar-refractivity contribution is 6.01. The number of carbonyl (C=O) groups excluding carboxylic acids is 2. The van der Waals surface area contributed by atoms with Crippen LogP contribution < -0.4 is 0 Å². The number of nitrogens with zero attached hydrogens (tertiary/aromatic N) is 1. The van der Waals surface area contributed by atoms with Gasteiger partial charge in [0, 0.05) is 6.54 Å². The molecule has 0 saturated carbocycles. The smallest absolute Gasteiger partial charge is 0.237 e. The Morgan fingerprint density at radius 3 is 2.73 bits per heavy atom. The van der Waals surface area contributed by atoms with Crippen molar-refractivity contribution < 1.29 is 9.59 Å². The van der Waals surface area contributed by atoms with Crippen molar-refractivity contribution in [1.29, 1.82) is 0 Å². The number of hydrogen-bond acceptors (Lipinski definition) is 2. The predicted octanol–water partition coefficient (Wildman–Crippen LogP) is 0.567. The number of likely N-dealkylation sites (tertiary alicyclic amines) is 1. The van der Waals surface area contributed by atoms with Gasteiger partial charge < -0.3 is 4.90 Å². The highest BCUT2D eigenvalue weighted by Gasteiger charge is 2.32. The molecule has 0 bridgehead atoms. The molecule has 1 atom stereocenters. The molecule has 0 spiro atoms. The number of carbonyl (C=O) groups is 2. The quantitative estimate of drug-likeness (QED) is 0.544. The number of ketones is 1. The third-order valence-electron chi connectivity index (χ3n) is 1.95. The van der Waals surface area contributed by atoms with Crippen LogP contribution in [0, 0.1) is 5.92 Å². The van der Waals surface area contributed by atoms with Crippen molar-refractivity contribution in [2.75, 3.05) is 6.54 Å². The minimum absolute atomic E-state index is 0.0423. The topological polar surface area (TPSA) is 37.4 Å². The molecule has 1 rings (SSSR count). The summed E-state index contributed by atoms with van der Waals surface area (Å²) in [5, 5.41) is 0. The van der Waals surface area contributed by atoms with Gasteiger partial charge in [-0.2, -0.15) is 0 Å². The molecule has 1 heterocycles. The first kappa shape index (κ1) is 7.98. The van der Waals surface area contributed by atoms with E-state index < -0.39 is 5.92 Å². The largest absolute Gasteiger partial charge is 0.319 e.